The highest BCUT2D eigenvalue weighted by Gasteiger charge is 2.39. The standard InChI is InChI=1S/C18H24N2O5/c21-16-3-1-2-14(16)15-11-25-9-8-20(15)18(24)19-10-12-4-6-13(7-5-12)17(22)23/h4-7,14-16,21H,1-3,8-11H2,(H,19,24)(H,22,23). The Morgan fingerprint density at radius 3 is 2.64 bits per heavy atom. The fourth-order valence-corrected chi connectivity index (χ4v) is 3.69. The van der Waals surface area contributed by atoms with Crippen LogP contribution in [0.15, 0.2) is 24.3 Å². The zero-order chi connectivity index (χ0) is 17.8. The number of hydrogen-bond acceptors (Lipinski definition) is 4. The van der Waals surface area contributed by atoms with Crippen LogP contribution >= 0.6 is 0 Å². The maximum Gasteiger partial charge on any atom is 0.335 e. The van der Waals surface area contributed by atoms with E-state index in [0.29, 0.717) is 26.3 Å². The lowest BCUT2D eigenvalue weighted by Crippen LogP contribution is -2.56. The van der Waals surface area contributed by atoms with Gasteiger partial charge in [-0.05, 0) is 30.5 Å². The molecule has 2 fully saturated rings. The molecule has 0 radical (unpaired) electrons. The van der Waals surface area contributed by atoms with Gasteiger partial charge in [0.15, 0.2) is 0 Å². The van der Waals surface area contributed by atoms with Crippen LogP contribution in [0.3, 0.4) is 0 Å². The zero-order valence-corrected chi connectivity index (χ0v) is 14.1. The number of aliphatic hydroxyl groups is 1. The third-order valence-corrected chi connectivity index (χ3v) is 5.10. The first-order valence-electron chi connectivity index (χ1n) is 8.69. The number of carbonyl (C=O) groups excluding carboxylic acids is 1. The predicted molar refractivity (Wildman–Crippen MR) is 90.3 cm³/mol. The summed E-state index contributed by atoms with van der Waals surface area (Å²) < 4.78 is 5.53. The maximum atomic E-state index is 12.6. The Balaban J connectivity index is 1.59. The van der Waals surface area contributed by atoms with Crippen LogP contribution in [0, 0.1) is 5.92 Å². The number of morpholine rings is 1. The molecule has 0 spiro atoms. The summed E-state index contributed by atoms with van der Waals surface area (Å²) in [5.74, 6) is -0.900. The average Bonchev–Trinajstić information content (AvgIpc) is 3.06. The van der Waals surface area contributed by atoms with Crippen molar-refractivity contribution < 1.29 is 24.5 Å². The van der Waals surface area contributed by atoms with Crippen LogP contribution < -0.4 is 5.32 Å². The number of nitrogens with one attached hydrogen (secondary N) is 1. The number of benzene rings is 1. The molecule has 3 N–H and O–H groups in total. The van der Waals surface area contributed by atoms with E-state index in [4.69, 9.17) is 9.84 Å². The Morgan fingerprint density at radius 2 is 2.00 bits per heavy atom. The first kappa shape index (κ1) is 17.7. The molecule has 1 saturated carbocycles. The van der Waals surface area contributed by atoms with Crippen molar-refractivity contribution in [2.75, 3.05) is 19.8 Å². The highest BCUT2D eigenvalue weighted by atomic mass is 16.5. The summed E-state index contributed by atoms with van der Waals surface area (Å²) in [5.41, 5.74) is 1.06. The van der Waals surface area contributed by atoms with Gasteiger partial charge >= 0.3 is 12.0 Å². The summed E-state index contributed by atoms with van der Waals surface area (Å²) in [5, 5.41) is 22.0. The second-order valence-electron chi connectivity index (χ2n) is 6.66. The van der Waals surface area contributed by atoms with Gasteiger partial charge in [0.05, 0.1) is 30.9 Å². The molecule has 7 nitrogen and oxygen atoms in total. The normalized spacial score (nSPS) is 26.4. The fraction of sp³-hybridized carbons (Fsp3) is 0.556. The molecule has 0 aromatic heterocycles. The topological polar surface area (TPSA) is 99.1 Å². The third kappa shape index (κ3) is 4.11. The first-order valence-corrected chi connectivity index (χ1v) is 8.69. The maximum absolute atomic E-state index is 12.6. The van der Waals surface area contributed by atoms with E-state index in [-0.39, 0.29) is 29.7 Å². The lowest BCUT2D eigenvalue weighted by atomic mass is 9.94. The predicted octanol–water partition coefficient (Wildman–Crippen LogP) is 1.46. The number of ether oxygens (including phenoxy) is 1. The molecule has 1 aromatic rings. The average molecular weight is 348 g/mol. The van der Waals surface area contributed by atoms with E-state index in [0.717, 1.165) is 24.8 Å². The Hall–Kier alpha value is -2.12. The molecule has 1 aromatic carbocycles. The van der Waals surface area contributed by atoms with Gasteiger partial charge in [-0.1, -0.05) is 18.6 Å². The van der Waals surface area contributed by atoms with Gasteiger partial charge in [0.25, 0.3) is 0 Å². The van der Waals surface area contributed by atoms with Crippen molar-refractivity contribution in [3.63, 3.8) is 0 Å². The summed E-state index contributed by atoms with van der Waals surface area (Å²) in [6, 6.07) is 6.17. The second kappa shape index (κ2) is 7.84. The van der Waals surface area contributed by atoms with Crippen molar-refractivity contribution in [1.29, 1.82) is 0 Å². The van der Waals surface area contributed by atoms with Gasteiger partial charge < -0.3 is 25.2 Å². The molecule has 3 rings (SSSR count). The molecule has 0 bridgehead atoms. The minimum atomic E-state index is -0.970. The molecule has 2 amide bonds. The van der Waals surface area contributed by atoms with E-state index in [9.17, 15) is 14.7 Å². The summed E-state index contributed by atoms with van der Waals surface area (Å²) in [7, 11) is 0. The Labute approximate surface area is 146 Å². The van der Waals surface area contributed by atoms with Gasteiger partial charge in [-0.15, -0.1) is 0 Å². The van der Waals surface area contributed by atoms with Crippen LogP contribution in [0.25, 0.3) is 0 Å². The summed E-state index contributed by atoms with van der Waals surface area (Å²) in [6.07, 6.45) is 2.31. The van der Waals surface area contributed by atoms with Gasteiger partial charge in [0.2, 0.25) is 0 Å². The zero-order valence-electron chi connectivity index (χ0n) is 14.1. The van der Waals surface area contributed by atoms with Crippen LogP contribution in [-0.2, 0) is 11.3 Å². The van der Waals surface area contributed by atoms with Crippen LogP contribution in [0.1, 0.15) is 35.2 Å². The number of aromatic carboxylic acids is 1. The summed E-state index contributed by atoms with van der Waals surface area (Å²) in [4.78, 5) is 25.2. The summed E-state index contributed by atoms with van der Waals surface area (Å²) in [6.45, 7) is 1.80. The van der Waals surface area contributed by atoms with Gasteiger partial charge in [-0.2, -0.15) is 0 Å². The first-order chi connectivity index (χ1) is 12.1. The molecule has 25 heavy (non-hydrogen) atoms. The SMILES string of the molecule is O=C(O)c1ccc(CNC(=O)N2CCOCC2C2CCCC2O)cc1. The minimum absolute atomic E-state index is 0.0703. The number of carbonyl (C=O) groups is 2. The van der Waals surface area contributed by atoms with Crippen LogP contribution in [-0.4, -0.2) is 59.0 Å². The van der Waals surface area contributed by atoms with Crippen molar-refractivity contribution >= 4 is 12.0 Å². The Morgan fingerprint density at radius 1 is 1.24 bits per heavy atom. The van der Waals surface area contributed by atoms with Crippen molar-refractivity contribution in [3.8, 4) is 0 Å². The largest absolute Gasteiger partial charge is 0.478 e. The number of hydrogen-bond donors (Lipinski definition) is 3. The number of nitrogens with zero attached hydrogens (tertiary/aromatic N) is 1. The molecule has 7 heteroatoms. The smallest absolute Gasteiger partial charge is 0.335 e. The second-order valence-corrected chi connectivity index (χ2v) is 6.66. The summed E-state index contributed by atoms with van der Waals surface area (Å²) >= 11 is 0. The van der Waals surface area contributed by atoms with E-state index in [2.05, 4.69) is 5.32 Å². The van der Waals surface area contributed by atoms with E-state index in [1.165, 1.54) is 12.1 Å². The molecule has 1 heterocycles. The van der Waals surface area contributed by atoms with Crippen molar-refractivity contribution in [2.45, 2.75) is 38.0 Å². The van der Waals surface area contributed by atoms with Crippen molar-refractivity contribution in [1.82, 2.24) is 10.2 Å². The van der Waals surface area contributed by atoms with Crippen LogP contribution in [0.4, 0.5) is 4.79 Å². The van der Waals surface area contributed by atoms with Crippen LogP contribution in [0.2, 0.25) is 0 Å². The molecule has 3 unspecified atom stereocenters. The fourth-order valence-electron chi connectivity index (χ4n) is 3.69. The van der Waals surface area contributed by atoms with E-state index in [1.807, 2.05) is 0 Å². The van der Waals surface area contributed by atoms with Gasteiger partial charge in [-0.25, -0.2) is 9.59 Å². The monoisotopic (exact) mass is 348 g/mol. The van der Waals surface area contributed by atoms with Gasteiger partial charge in [0, 0.05) is 19.0 Å². The third-order valence-electron chi connectivity index (χ3n) is 5.10. The highest BCUT2D eigenvalue weighted by Crippen LogP contribution is 2.32. The molecule has 2 aliphatic rings. The molecular weight excluding hydrogens is 324 g/mol. The molecule has 136 valence electrons. The number of carboxylic acids is 1. The van der Waals surface area contributed by atoms with E-state index >= 15 is 0 Å². The van der Waals surface area contributed by atoms with Gasteiger partial charge in [0.1, 0.15) is 0 Å². The number of rotatable bonds is 4. The lowest BCUT2D eigenvalue weighted by molar-refractivity contribution is -0.0309. The van der Waals surface area contributed by atoms with E-state index in [1.54, 1.807) is 17.0 Å². The molecule has 1 aliphatic heterocycles. The van der Waals surface area contributed by atoms with Crippen molar-refractivity contribution in [2.24, 2.45) is 5.92 Å². The molecule has 3 atom stereocenters. The van der Waals surface area contributed by atoms with Crippen molar-refractivity contribution in [3.05, 3.63) is 35.4 Å². The van der Waals surface area contributed by atoms with E-state index < -0.39 is 5.97 Å². The highest BCUT2D eigenvalue weighted by molar-refractivity contribution is 5.87. The number of urea groups is 1. The number of carboxylic acid groups (broad SMARTS) is 1. The molecule has 1 aliphatic carbocycles. The molecule has 1 saturated heterocycles. The number of aliphatic hydroxyl groups excluding tert-OH is 1. The Bertz CT molecular complexity index is 618. The van der Waals surface area contributed by atoms with Crippen LogP contribution in [0.5, 0.6) is 0 Å². The molecular formula is C18H24N2O5. The minimum Gasteiger partial charge on any atom is -0.478 e. The lowest BCUT2D eigenvalue weighted by Gasteiger charge is -2.40. The number of amides is 2. The quantitative estimate of drug-likeness (QED) is 0.765. The Kier molecular flexibility index (Phi) is 5.55. The van der Waals surface area contributed by atoms with Gasteiger partial charge in [-0.3, -0.25) is 0 Å².